The van der Waals surface area contributed by atoms with Crippen molar-refractivity contribution in [3.8, 4) is 5.69 Å². The van der Waals surface area contributed by atoms with Crippen LogP contribution in [-0.4, -0.2) is 35.6 Å². The molecule has 3 rings (SSSR count). The second-order valence-electron chi connectivity index (χ2n) is 5.41. The highest BCUT2D eigenvalue weighted by molar-refractivity contribution is 5.73. The first-order valence-electron chi connectivity index (χ1n) is 7.49. The summed E-state index contributed by atoms with van der Waals surface area (Å²) < 4.78 is 7.08. The van der Waals surface area contributed by atoms with Crippen molar-refractivity contribution in [3.63, 3.8) is 0 Å². The Labute approximate surface area is 129 Å². The minimum absolute atomic E-state index is 0.136. The highest BCUT2D eigenvalue weighted by Crippen LogP contribution is 2.10. The van der Waals surface area contributed by atoms with E-state index in [0.29, 0.717) is 19.0 Å². The SMILES string of the molecule is O=C(NCc1ccc(-n2cccn2)cc1)NCC1CCOC1. The molecule has 1 atom stereocenters. The third kappa shape index (κ3) is 3.85. The number of hydrogen-bond acceptors (Lipinski definition) is 3. The van der Waals surface area contributed by atoms with Crippen LogP contribution in [0.4, 0.5) is 4.79 Å². The number of aromatic nitrogens is 2. The molecule has 1 aliphatic heterocycles. The molecule has 6 heteroatoms. The van der Waals surface area contributed by atoms with E-state index in [-0.39, 0.29) is 6.03 Å². The van der Waals surface area contributed by atoms with Crippen molar-refractivity contribution in [1.29, 1.82) is 0 Å². The molecule has 6 nitrogen and oxygen atoms in total. The molecule has 1 unspecified atom stereocenters. The van der Waals surface area contributed by atoms with Gasteiger partial charge in [0.1, 0.15) is 0 Å². The van der Waals surface area contributed by atoms with Gasteiger partial charge in [0.2, 0.25) is 0 Å². The molecule has 1 aromatic heterocycles. The lowest BCUT2D eigenvalue weighted by atomic mass is 10.1. The molecule has 1 aliphatic rings. The quantitative estimate of drug-likeness (QED) is 0.883. The summed E-state index contributed by atoms with van der Waals surface area (Å²) in [5.41, 5.74) is 2.05. The lowest BCUT2D eigenvalue weighted by Gasteiger charge is -2.11. The van der Waals surface area contributed by atoms with Crippen molar-refractivity contribution in [3.05, 3.63) is 48.3 Å². The molecule has 0 spiro atoms. The summed E-state index contributed by atoms with van der Waals surface area (Å²) in [7, 11) is 0. The zero-order valence-corrected chi connectivity index (χ0v) is 12.4. The van der Waals surface area contributed by atoms with E-state index >= 15 is 0 Å². The maximum absolute atomic E-state index is 11.7. The molecule has 2 heterocycles. The zero-order valence-electron chi connectivity index (χ0n) is 12.4. The summed E-state index contributed by atoms with van der Waals surface area (Å²) in [6.45, 7) is 2.72. The average Bonchev–Trinajstić information content (AvgIpc) is 3.24. The van der Waals surface area contributed by atoms with Gasteiger partial charge in [0.25, 0.3) is 0 Å². The summed E-state index contributed by atoms with van der Waals surface area (Å²) in [6, 6.07) is 9.69. The van der Waals surface area contributed by atoms with Gasteiger partial charge in [-0.05, 0) is 30.2 Å². The Balaban J connectivity index is 1.43. The number of amides is 2. The van der Waals surface area contributed by atoms with E-state index in [2.05, 4.69) is 15.7 Å². The van der Waals surface area contributed by atoms with Crippen molar-refractivity contribution < 1.29 is 9.53 Å². The summed E-state index contributed by atoms with van der Waals surface area (Å²) in [4.78, 5) is 11.7. The van der Waals surface area contributed by atoms with Gasteiger partial charge in [-0.15, -0.1) is 0 Å². The molecule has 0 radical (unpaired) electrons. The fourth-order valence-corrected chi connectivity index (χ4v) is 2.41. The Morgan fingerprint density at radius 3 is 2.86 bits per heavy atom. The monoisotopic (exact) mass is 300 g/mol. The molecule has 1 fully saturated rings. The first-order valence-corrected chi connectivity index (χ1v) is 7.49. The maximum atomic E-state index is 11.7. The van der Waals surface area contributed by atoms with Gasteiger partial charge in [0.15, 0.2) is 0 Å². The van der Waals surface area contributed by atoms with Gasteiger partial charge < -0.3 is 15.4 Å². The summed E-state index contributed by atoms with van der Waals surface area (Å²) in [5.74, 6) is 0.444. The zero-order chi connectivity index (χ0) is 15.2. The largest absolute Gasteiger partial charge is 0.381 e. The smallest absolute Gasteiger partial charge is 0.315 e. The molecule has 0 bridgehead atoms. The molecule has 1 aromatic carbocycles. The van der Waals surface area contributed by atoms with Crippen molar-refractivity contribution >= 4 is 6.03 Å². The van der Waals surface area contributed by atoms with Crippen LogP contribution in [0.1, 0.15) is 12.0 Å². The Kier molecular flexibility index (Phi) is 4.70. The summed E-state index contributed by atoms with van der Waals surface area (Å²) in [5, 5.41) is 9.93. The van der Waals surface area contributed by atoms with Gasteiger partial charge in [-0.25, -0.2) is 9.48 Å². The van der Waals surface area contributed by atoms with Gasteiger partial charge in [0, 0.05) is 38.0 Å². The lowest BCUT2D eigenvalue weighted by molar-refractivity contribution is 0.185. The van der Waals surface area contributed by atoms with Crippen molar-refractivity contribution in [2.75, 3.05) is 19.8 Å². The Morgan fingerprint density at radius 1 is 1.32 bits per heavy atom. The molecule has 2 aromatic rings. The second-order valence-corrected chi connectivity index (χ2v) is 5.41. The minimum atomic E-state index is -0.136. The minimum Gasteiger partial charge on any atom is -0.381 e. The van der Waals surface area contributed by atoms with Gasteiger partial charge in [-0.3, -0.25) is 0 Å². The molecular weight excluding hydrogens is 280 g/mol. The molecule has 2 amide bonds. The molecule has 22 heavy (non-hydrogen) atoms. The number of hydrogen-bond donors (Lipinski definition) is 2. The highest BCUT2D eigenvalue weighted by Gasteiger charge is 2.15. The predicted octanol–water partition coefficient (Wildman–Crippen LogP) is 1.71. The van der Waals surface area contributed by atoms with Crippen LogP contribution in [0.2, 0.25) is 0 Å². The van der Waals surface area contributed by atoms with Crippen molar-refractivity contribution in [2.24, 2.45) is 5.92 Å². The summed E-state index contributed by atoms with van der Waals surface area (Å²) in [6.07, 6.45) is 4.66. The molecular formula is C16H20N4O2. The normalized spacial score (nSPS) is 17.4. The van der Waals surface area contributed by atoms with Gasteiger partial charge in [-0.2, -0.15) is 5.10 Å². The molecule has 1 saturated heterocycles. The molecule has 0 saturated carbocycles. The first kappa shape index (κ1) is 14.6. The van der Waals surface area contributed by atoms with E-state index in [0.717, 1.165) is 30.9 Å². The number of urea groups is 1. The van der Waals surface area contributed by atoms with Crippen molar-refractivity contribution in [1.82, 2.24) is 20.4 Å². The van der Waals surface area contributed by atoms with E-state index in [1.165, 1.54) is 0 Å². The van der Waals surface area contributed by atoms with Crippen LogP contribution in [0.5, 0.6) is 0 Å². The van der Waals surface area contributed by atoms with Crippen LogP contribution >= 0.6 is 0 Å². The van der Waals surface area contributed by atoms with E-state index in [1.54, 1.807) is 10.9 Å². The number of carbonyl (C=O) groups is 1. The number of nitrogens with one attached hydrogen (secondary N) is 2. The molecule has 116 valence electrons. The van der Waals surface area contributed by atoms with Gasteiger partial charge >= 0.3 is 6.03 Å². The maximum Gasteiger partial charge on any atom is 0.315 e. The van der Waals surface area contributed by atoms with Crippen LogP contribution in [0.3, 0.4) is 0 Å². The van der Waals surface area contributed by atoms with Gasteiger partial charge in [0.05, 0.1) is 12.3 Å². The topological polar surface area (TPSA) is 68.2 Å². The third-order valence-corrected chi connectivity index (χ3v) is 3.73. The number of rotatable bonds is 5. The van der Waals surface area contributed by atoms with E-state index in [4.69, 9.17) is 4.74 Å². The lowest BCUT2D eigenvalue weighted by Crippen LogP contribution is -2.38. The third-order valence-electron chi connectivity index (χ3n) is 3.73. The number of benzene rings is 1. The Bertz CT molecular complexity index is 589. The second kappa shape index (κ2) is 7.09. The summed E-state index contributed by atoms with van der Waals surface area (Å²) >= 11 is 0. The number of nitrogens with zero attached hydrogens (tertiary/aromatic N) is 2. The highest BCUT2D eigenvalue weighted by atomic mass is 16.5. The fraction of sp³-hybridized carbons (Fsp3) is 0.375. The Morgan fingerprint density at radius 2 is 2.18 bits per heavy atom. The van der Waals surface area contributed by atoms with E-state index < -0.39 is 0 Å². The average molecular weight is 300 g/mol. The molecule has 2 N–H and O–H groups in total. The standard InChI is InChI=1S/C16H20N4O2/c21-16(18-11-14-6-9-22-12-14)17-10-13-2-4-15(5-3-13)20-8-1-7-19-20/h1-5,7-8,14H,6,9-12H2,(H2,17,18,21). The predicted molar refractivity (Wildman–Crippen MR) is 82.7 cm³/mol. The number of ether oxygens (including phenoxy) is 1. The van der Waals surface area contributed by atoms with E-state index in [9.17, 15) is 4.79 Å². The van der Waals surface area contributed by atoms with Crippen LogP contribution in [0.15, 0.2) is 42.7 Å². The van der Waals surface area contributed by atoms with E-state index in [1.807, 2.05) is 36.5 Å². The van der Waals surface area contributed by atoms with Crippen molar-refractivity contribution in [2.45, 2.75) is 13.0 Å². The van der Waals surface area contributed by atoms with Crippen LogP contribution in [0, 0.1) is 5.92 Å². The van der Waals surface area contributed by atoms with Crippen LogP contribution < -0.4 is 10.6 Å². The Hall–Kier alpha value is -2.34. The van der Waals surface area contributed by atoms with Gasteiger partial charge in [-0.1, -0.05) is 12.1 Å². The van der Waals surface area contributed by atoms with Crippen LogP contribution in [-0.2, 0) is 11.3 Å². The fourth-order valence-electron chi connectivity index (χ4n) is 2.41. The molecule has 0 aliphatic carbocycles. The van der Waals surface area contributed by atoms with Crippen LogP contribution in [0.25, 0.3) is 5.69 Å². The number of carbonyl (C=O) groups excluding carboxylic acids is 1. The first-order chi connectivity index (χ1) is 10.8.